The van der Waals surface area contributed by atoms with E-state index in [1.807, 2.05) is 12.3 Å². The van der Waals surface area contributed by atoms with Gasteiger partial charge in [0.1, 0.15) is 4.21 Å². The Bertz CT molecular complexity index is 525. The predicted molar refractivity (Wildman–Crippen MR) is 84.1 cm³/mol. The SMILES string of the molecule is CCNCc1csc(S(=O)(=O)NCCN2CCOCC2)c1. The van der Waals surface area contributed by atoms with Crippen molar-refractivity contribution in [1.82, 2.24) is 14.9 Å². The van der Waals surface area contributed by atoms with Crippen LogP contribution in [0.1, 0.15) is 12.5 Å². The predicted octanol–water partition coefficient (Wildman–Crippen LogP) is 0.468. The molecule has 6 nitrogen and oxygen atoms in total. The average Bonchev–Trinajstić information content (AvgIpc) is 2.96. The van der Waals surface area contributed by atoms with Crippen molar-refractivity contribution in [3.05, 3.63) is 17.0 Å². The van der Waals surface area contributed by atoms with E-state index in [1.54, 1.807) is 6.07 Å². The molecule has 1 aliphatic rings. The van der Waals surface area contributed by atoms with Crippen LogP contribution in [0.2, 0.25) is 0 Å². The van der Waals surface area contributed by atoms with Crippen molar-refractivity contribution in [3.8, 4) is 0 Å². The minimum absolute atomic E-state index is 0.386. The molecule has 2 N–H and O–H groups in total. The summed E-state index contributed by atoms with van der Waals surface area (Å²) in [6, 6.07) is 1.74. The molecule has 8 heteroatoms. The number of rotatable bonds is 8. The second-order valence-corrected chi connectivity index (χ2v) is 7.81. The Labute approximate surface area is 130 Å². The van der Waals surface area contributed by atoms with Crippen LogP contribution < -0.4 is 10.0 Å². The zero-order valence-corrected chi connectivity index (χ0v) is 13.9. The molecule has 0 radical (unpaired) electrons. The molecule has 1 aromatic heterocycles. The van der Waals surface area contributed by atoms with Gasteiger partial charge in [-0.15, -0.1) is 11.3 Å². The van der Waals surface area contributed by atoms with Gasteiger partial charge in [-0.1, -0.05) is 6.92 Å². The van der Waals surface area contributed by atoms with Gasteiger partial charge in [-0.25, -0.2) is 13.1 Å². The summed E-state index contributed by atoms with van der Waals surface area (Å²) in [5, 5.41) is 5.08. The normalized spacial score (nSPS) is 17.2. The highest BCUT2D eigenvalue weighted by molar-refractivity contribution is 7.91. The second-order valence-electron chi connectivity index (χ2n) is 4.91. The molecule has 21 heavy (non-hydrogen) atoms. The zero-order valence-electron chi connectivity index (χ0n) is 12.3. The Morgan fingerprint density at radius 2 is 2.14 bits per heavy atom. The molecule has 0 aliphatic carbocycles. The first-order chi connectivity index (χ1) is 10.1. The van der Waals surface area contributed by atoms with E-state index < -0.39 is 10.0 Å². The molecule has 1 fully saturated rings. The summed E-state index contributed by atoms with van der Waals surface area (Å²) < 4.78 is 32.7. The third-order valence-electron chi connectivity index (χ3n) is 3.30. The van der Waals surface area contributed by atoms with Crippen LogP contribution in [0, 0.1) is 0 Å². The van der Waals surface area contributed by atoms with Crippen molar-refractivity contribution in [3.63, 3.8) is 0 Å². The first-order valence-corrected chi connectivity index (χ1v) is 9.56. The lowest BCUT2D eigenvalue weighted by atomic mass is 10.3. The first-order valence-electron chi connectivity index (χ1n) is 7.19. The molecule has 0 aromatic carbocycles. The Balaban J connectivity index is 1.81. The standard InChI is InChI=1S/C13H23N3O3S2/c1-2-14-10-12-9-13(20-11-12)21(17,18)15-3-4-16-5-7-19-8-6-16/h9,11,14-15H,2-8,10H2,1H3. The number of morpholine rings is 1. The molecule has 0 unspecified atom stereocenters. The number of hydrogen-bond acceptors (Lipinski definition) is 6. The van der Waals surface area contributed by atoms with E-state index in [4.69, 9.17) is 4.74 Å². The van der Waals surface area contributed by atoms with Crippen LogP contribution in [0.15, 0.2) is 15.7 Å². The summed E-state index contributed by atoms with van der Waals surface area (Å²) in [5.74, 6) is 0. The molecule has 0 saturated carbocycles. The molecule has 1 saturated heterocycles. The molecular formula is C13H23N3O3S2. The van der Waals surface area contributed by atoms with Gasteiger partial charge in [0.2, 0.25) is 10.0 Å². The van der Waals surface area contributed by atoms with E-state index >= 15 is 0 Å². The number of nitrogens with zero attached hydrogens (tertiary/aromatic N) is 1. The fourth-order valence-electron chi connectivity index (χ4n) is 2.09. The van der Waals surface area contributed by atoms with E-state index in [-0.39, 0.29) is 0 Å². The summed E-state index contributed by atoms with van der Waals surface area (Å²) in [5.41, 5.74) is 1.01. The molecule has 2 heterocycles. The van der Waals surface area contributed by atoms with E-state index in [9.17, 15) is 8.42 Å². The lowest BCUT2D eigenvalue weighted by molar-refractivity contribution is 0.0390. The second kappa shape index (κ2) is 8.21. The van der Waals surface area contributed by atoms with Crippen molar-refractivity contribution in [2.45, 2.75) is 17.7 Å². The first kappa shape index (κ1) is 16.9. The maximum Gasteiger partial charge on any atom is 0.250 e. The van der Waals surface area contributed by atoms with Gasteiger partial charge >= 0.3 is 0 Å². The highest BCUT2D eigenvalue weighted by Gasteiger charge is 2.17. The van der Waals surface area contributed by atoms with Crippen molar-refractivity contribution in [1.29, 1.82) is 0 Å². The number of hydrogen-bond donors (Lipinski definition) is 2. The van der Waals surface area contributed by atoms with E-state index in [1.165, 1.54) is 11.3 Å². The molecule has 2 rings (SSSR count). The smallest absolute Gasteiger partial charge is 0.250 e. The zero-order chi connectivity index (χ0) is 15.1. The highest BCUT2D eigenvalue weighted by Crippen LogP contribution is 2.19. The van der Waals surface area contributed by atoms with Gasteiger partial charge in [0.25, 0.3) is 0 Å². The molecule has 0 amide bonds. The van der Waals surface area contributed by atoms with Gasteiger partial charge in [-0.2, -0.15) is 0 Å². The number of nitrogens with one attached hydrogen (secondary N) is 2. The molecule has 1 aliphatic heterocycles. The Kier molecular flexibility index (Phi) is 6.59. The van der Waals surface area contributed by atoms with Gasteiger partial charge in [-0.05, 0) is 23.6 Å². The molecule has 1 aromatic rings. The van der Waals surface area contributed by atoms with E-state index in [2.05, 4.69) is 14.9 Å². The van der Waals surface area contributed by atoms with Crippen molar-refractivity contribution in [2.24, 2.45) is 0 Å². The fourth-order valence-corrected chi connectivity index (χ4v) is 4.37. The van der Waals surface area contributed by atoms with Crippen LogP contribution in [0.25, 0.3) is 0 Å². The van der Waals surface area contributed by atoms with E-state index in [0.717, 1.165) is 45.0 Å². The van der Waals surface area contributed by atoms with Gasteiger partial charge in [0.05, 0.1) is 13.2 Å². The molecular weight excluding hydrogens is 310 g/mol. The van der Waals surface area contributed by atoms with Crippen molar-refractivity contribution >= 4 is 21.4 Å². The highest BCUT2D eigenvalue weighted by atomic mass is 32.2. The van der Waals surface area contributed by atoms with Crippen LogP contribution in [0.3, 0.4) is 0 Å². The lowest BCUT2D eigenvalue weighted by Gasteiger charge is -2.26. The van der Waals surface area contributed by atoms with Crippen LogP contribution in [-0.2, 0) is 21.3 Å². The lowest BCUT2D eigenvalue weighted by Crippen LogP contribution is -2.41. The van der Waals surface area contributed by atoms with Gasteiger partial charge in [-0.3, -0.25) is 4.90 Å². The molecule has 0 bridgehead atoms. The maximum atomic E-state index is 12.2. The minimum Gasteiger partial charge on any atom is -0.379 e. The van der Waals surface area contributed by atoms with E-state index in [0.29, 0.717) is 17.3 Å². The van der Waals surface area contributed by atoms with Crippen molar-refractivity contribution < 1.29 is 13.2 Å². The summed E-state index contributed by atoms with van der Waals surface area (Å²) >= 11 is 1.27. The summed E-state index contributed by atoms with van der Waals surface area (Å²) in [7, 11) is -3.38. The van der Waals surface area contributed by atoms with Gasteiger partial charge < -0.3 is 10.1 Å². The van der Waals surface area contributed by atoms with Crippen LogP contribution >= 0.6 is 11.3 Å². The summed E-state index contributed by atoms with van der Waals surface area (Å²) in [4.78, 5) is 2.21. The fraction of sp³-hybridized carbons (Fsp3) is 0.692. The minimum atomic E-state index is -3.38. The number of thiophene rings is 1. The number of sulfonamides is 1. The Morgan fingerprint density at radius 3 is 2.86 bits per heavy atom. The van der Waals surface area contributed by atoms with Crippen molar-refractivity contribution in [2.75, 3.05) is 45.9 Å². The molecule has 0 atom stereocenters. The topological polar surface area (TPSA) is 70.7 Å². The quantitative estimate of drug-likeness (QED) is 0.724. The van der Waals surface area contributed by atoms with Crippen LogP contribution in [-0.4, -0.2) is 59.3 Å². The monoisotopic (exact) mass is 333 g/mol. The summed E-state index contributed by atoms with van der Waals surface area (Å²) in [6.07, 6.45) is 0. The third kappa shape index (κ3) is 5.32. The number of ether oxygens (including phenoxy) is 1. The Hall–Kier alpha value is -0.510. The summed E-state index contributed by atoms with van der Waals surface area (Å²) in [6.45, 7) is 7.95. The van der Waals surface area contributed by atoms with Gasteiger partial charge in [0, 0.05) is 32.7 Å². The Morgan fingerprint density at radius 1 is 1.38 bits per heavy atom. The third-order valence-corrected chi connectivity index (χ3v) is 6.25. The van der Waals surface area contributed by atoms with Gasteiger partial charge in [0.15, 0.2) is 0 Å². The van der Waals surface area contributed by atoms with Crippen LogP contribution in [0.5, 0.6) is 0 Å². The molecule has 120 valence electrons. The molecule has 0 spiro atoms. The largest absolute Gasteiger partial charge is 0.379 e. The van der Waals surface area contributed by atoms with Crippen LogP contribution in [0.4, 0.5) is 0 Å². The average molecular weight is 333 g/mol. The maximum absolute atomic E-state index is 12.2.